The summed E-state index contributed by atoms with van der Waals surface area (Å²) in [4.78, 5) is 61.1. The van der Waals surface area contributed by atoms with Crippen LogP contribution < -0.4 is 25.8 Å². The minimum absolute atomic E-state index is 0.151. The normalized spacial score (nSPS) is 16.7. The summed E-state index contributed by atoms with van der Waals surface area (Å²) in [6.45, 7) is 3.46. The Bertz CT molecular complexity index is 2060. The van der Waals surface area contributed by atoms with E-state index in [1.165, 1.54) is 0 Å². The van der Waals surface area contributed by atoms with Crippen LogP contribution in [0, 0.1) is 5.92 Å². The minimum Gasteiger partial charge on any atom is -0.351 e. The van der Waals surface area contributed by atoms with Gasteiger partial charge in [-0.15, -0.1) is 0 Å². The van der Waals surface area contributed by atoms with Crippen LogP contribution in [0.1, 0.15) is 85.7 Å². The highest BCUT2D eigenvalue weighted by Crippen LogP contribution is 2.31. The molecule has 1 unspecified atom stereocenters. The highest BCUT2D eigenvalue weighted by atomic mass is 32.1. The van der Waals surface area contributed by atoms with Gasteiger partial charge in [-0.1, -0.05) is 67.5 Å². The van der Waals surface area contributed by atoms with E-state index in [4.69, 9.17) is 0 Å². The van der Waals surface area contributed by atoms with Crippen LogP contribution in [0.15, 0.2) is 78.9 Å². The molecule has 256 valence electrons. The summed E-state index contributed by atoms with van der Waals surface area (Å²) in [6, 6.07) is 23.7. The molecule has 12 heteroatoms. The Labute approximate surface area is 294 Å². The van der Waals surface area contributed by atoms with E-state index in [9.17, 15) is 19.2 Å². The molecule has 4 amide bonds. The number of pyridine rings is 2. The van der Waals surface area contributed by atoms with E-state index in [0.717, 1.165) is 57.6 Å². The summed E-state index contributed by atoms with van der Waals surface area (Å²) in [6.07, 6.45) is 3.37. The van der Waals surface area contributed by atoms with Crippen molar-refractivity contribution in [3.63, 3.8) is 0 Å². The number of amides is 4. The largest absolute Gasteiger partial charge is 0.351 e. The Balaban J connectivity index is 1.31. The molecule has 2 aromatic carbocycles. The third-order valence-electron chi connectivity index (χ3n) is 8.92. The van der Waals surface area contributed by atoms with E-state index >= 15 is 0 Å². The number of aryl methyl sites for hydroxylation is 1. The lowest BCUT2D eigenvalue weighted by molar-refractivity contribution is -0.629. The zero-order chi connectivity index (χ0) is 35.0. The lowest BCUT2D eigenvalue weighted by Gasteiger charge is -2.16. The average molecular weight is 691 g/mol. The number of fused-ring (bicyclic) bond motifs is 16. The van der Waals surface area contributed by atoms with Crippen molar-refractivity contribution in [1.82, 2.24) is 31.2 Å². The lowest BCUT2D eigenvalue weighted by Crippen LogP contribution is -2.31. The maximum Gasteiger partial charge on any atom is 0.270 e. The van der Waals surface area contributed by atoms with Crippen LogP contribution in [0.5, 0.6) is 0 Å². The van der Waals surface area contributed by atoms with Crippen LogP contribution >= 0.6 is 11.3 Å². The molecule has 0 fully saturated rings. The highest BCUT2D eigenvalue weighted by Gasteiger charge is 2.23. The molecule has 0 saturated carbocycles. The summed E-state index contributed by atoms with van der Waals surface area (Å²) in [5.74, 6) is -1.19. The molecule has 4 N–H and O–H groups in total. The Morgan fingerprint density at radius 2 is 1.34 bits per heavy atom. The first kappa shape index (κ1) is 34.4. The van der Waals surface area contributed by atoms with Gasteiger partial charge in [0.15, 0.2) is 0 Å². The van der Waals surface area contributed by atoms with Crippen LogP contribution in [0.4, 0.5) is 0 Å². The molecule has 11 nitrogen and oxygen atoms in total. The Kier molecular flexibility index (Phi) is 10.9. The van der Waals surface area contributed by atoms with Gasteiger partial charge >= 0.3 is 0 Å². The standard InChI is InChI=1S/C38H39N7O4S/c1-3-24-10-6-7-19-39-34(46)28-11-8-14-31(43-28)37(49)42-23-26-18-17-25(20-27(26)38-45(2)32-15-4-5-16-33(32)50-38)22-41-36(48)30-13-9-12-29(44-30)35(47)40-21-24/h4-5,8-9,11-18,20,24H,3,6-7,10,19,21-23H2,1-2H3,(H3-,39,40,41,42,46,47,48,49)/p+1. The number of carbonyl (C=O) groups excluding carboxylic acids is 4. The van der Waals surface area contributed by atoms with Crippen molar-refractivity contribution in [3.05, 3.63) is 113 Å². The number of para-hydroxylation sites is 1. The van der Waals surface area contributed by atoms with Gasteiger partial charge in [0.1, 0.15) is 34.5 Å². The third-order valence-corrected chi connectivity index (χ3v) is 10.2. The van der Waals surface area contributed by atoms with Gasteiger partial charge < -0.3 is 21.3 Å². The van der Waals surface area contributed by atoms with Crippen LogP contribution in [0.3, 0.4) is 0 Å². The van der Waals surface area contributed by atoms with Crippen LogP contribution in [0.2, 0.25) is 0 Å². The quantitative estimate of drug-likeness (QED) is 0.198. The van der Waals surface area contributed by atoms with Crippen molar-refractivity contribution < 1.29 is 23.7 Å². The molecular weight excluding hydrogens is 651 g/mol. The average Bonchev–Trinajstić information content (AvgIpc) is 3.49. The number of hydrogen-bond donors (Lipinski definition) is 4. The number of thiazole rings is 1. The molecule has 6 bridgehead atoms. The number of rotatable bonds is 2. The molecule has 3 aromatic heterocycles. The van der Waals surface area contributed by atoms with Crippen molar-refractivity contribution in [2.45, 2.75) is 45.7 Å². The molecule has 0 radical (unpaired) electrons. The summed E-state index contributed by atoms with van der Waals surface area (Å²) < 4.78 is 3.23. The fourth-order valence-corrected chi connectivity index (χ4v) is 7.17. The second kappa shape index (κ2) is 15.8. The summed E-state index contributed by atoms with van der Waals surface area (Å²) >= 11 is 1.64. The van der Waals surface area contributed by atoms with E-state index in [0.29, 0.717) is 13.1 Å². The van der Waals surface area contributed by atoms with Crippen molar-refractivity contribution in [2.24, 2.45) is 13.0 Å². The molecule has 5 aromatic rings. The zero-order valence-corrected chi connectivity index (χ0v) is 28.9. The van der Waals surface area contributed by atoms with Crippen LogP contribution in [-0.4, -0.2) is 46.7 Å². The zero-order valence-electron chi connectivity index (χ0n) is 28.1. The fraction of sp³-hybridized carbons (Fsp3) is 0.289. The molecule has 0 saturated heterocycles. The number of nitrogens with zero attached hydrogens (tertiary/aromatic N) is 3. The number of benzene rings is 2. The Morgan fingerprint density at radius 1 is 0.720 bits per heavy atom. The van der Waals surface area contributed by atoms with Gasteiger partial charge in [-0.25, -0.2) is 9.97 Å². The minimum atomic E-state index is -0.392. The van der Waals surface area contributed by atoms with E-state index in [-0.39, 0.29) is 59.5 Å². The molecular formula is C38H40N7O4S+. The van der Waals surface area contributed by atoms with Crippen molar-refractivity contribution in [3.8, 4) is 10.6 Å². The molecule has 2 aliphatic rings. The van der Waals surface area contributed by atoms with Gasteiger partial charge in [-0.05, 0) is 66.3 Å². The number of nitrogens with one attached hydrogen (secondary N) is 4. The van der Waals surface area contributed by atoms with Gasteiger partial charge in [0.05, 0.1) is 5.56 Å². The second-order valence-corrected chi connectivity index (χ2v) is 13.4. The van der Waals surface area contributed by atoms with Gasteiger partial charge in [0, 0.05) is 32.2 Å². The lowest BCUT2D eigenvalue weighted by atomic mass is 9.99. The first-order valence-electron chi connectivity index (χ1n) is 16.9. The number of carbonyl (C=O) groups is 4. The maximum absolute atomic E-state index is 13.3. The first-order chi connectivity index (χ1) is 24.3. The molecule has 7 rings (SSSR count). The van der Waals surface area contributed by atoms with Gasteiger partial charge in [0.25, 0.3) is 28.6 Å². The number of aromatic nitrogens is 3. The molecule has 0 aliphatic carbocycles. The Hall–Kier alpha value is -5.49. The smallest absolute Gasteiger partial charge is 0.270 e. The maximum atomic E-state index is 13.3. The van der Waals surface area contributed by atoms with E-state index in [1.54, 1.807) is 47.7 Å². The third kappa shape index (κ3) is 8.03. The summed E-state index contributed by atoms with van der Waals surface area (Å²) in [7, 11) is 2.01. The van der Waals surface area contributed by atoms with E-state index in [1.807, 2.05) is 37.4 Å². The topological polar surface area (TPSA) is 146 Å². The van der Waals surface area contributed by atoms with Crippen LogP contribution in [-0.2, 0) is 20.1 Å². The summed E-state index contributed by atoms with van der Waals surface area (Å²) in [5.41, 5.74) is 4.37. The monoisotopic (exact) mass is 690 g/mol. The van der Waals surface area contributed by atoms with Crippen molar-refractivity contribution in [1.29, 1.82) is 0 Å². The number of hydrogen-bond acceptors (Lipinski definition) is 7. The molecule has 1 atom stereocenters. The predicted octanol–water partition coefficient (Wildman–Crippen LogP) is 4.71. The van der Waals surface area contributed by atoms with Gasteiger partial charge in [-0.2, -0.15) is 4.57 Å². The molecule has 0 spiro atoms. The Morgan fingerprint density at radius 3 is 2.00 bits per heavy atom. The van der Waals surface area contributed by atoms with Gasteiger partial charge in [0.2, 0.25) is 5.52 Å². The van der Waals surface area contributed by atoms with Crippen molar-refractivity contribution >= 4 is 45.2 Å². The van der Waals surface area contributed by atoms with Crippen molar-refractivity contribution in [2.75, 3.05) is 13.1 Å². The predicted molar refractivity (Wildman–Crippen MR) is 192 cm³/mol. The highest BCUT2D eigenvalue weighted by molar-refractivity contribution is 7.21. The molecule has 2 aliphatic heterocycles. The first-order valence-corrected chi connectivity index (χ1v) is 17.7. The SMILES string of the molecule is CCC1CCCCNC(=O)c2cccc(n2)C(=O)NCc2ccc(cc2-c2sc3ccccc3[n+]2C)CNC(=O)c2cccc(n2)C(=O)NC1. The summed E-state index contributed by atoms with van der Waals surface area (Å²) in [5, 5.41) is 12.8. The fourth-order valence-electron chi connectivity index (χ4n) is 5.97. The molecule has 5 heterocycles. The van der Waals surface area contributed by atoms with Crippen LogP contribution in [0.25, 0.3) is 20.8 Å². The van der Waals surface area contributed by atoms with E-state index < -0.39 is 5.91 Å². The second-order valence-electron chi connectivity index (χ2n) is 12.3. The van der Waals surface area contributed by atoms with Gasteiger partial charge in [-0.3, -0.25) is 19.2 Å². The van der Waals surface area contributed by atoms with E-state index in [2.05, 4.69) is 54.9 Å². The molecule has 50 heavy (non-hydrogen) atoms.